The Labute approximate surface area is 147 Å². The summed E-state index contributed by atoms with van der Waals surface area (Å²) in [5.41, 5.74) is 1.38. The van der Waals surface area contributed by atoms with Gasteiger partial charge < -0.3 is 10.6 Å². The maximum Gasteiger partial charge on any atom is 0.223 e. The third-order valence-corrected chi connectivity index (χ3v) is 5.34. The topological polar surface area (TPSA) is 41.1 Å². The molecule has 4 heteroatoms. The minimum absolute atomic E-state index is 0. The smallest absolute Gasteiger partial charge is 0.223 e. The van der Waals surface area contributed by atoms with Gasteiger partial charge in [-0.05, 0) is 44.7 Å². The summed E-state index contributed by atoms with van der Waals surface area (Å²) in [5, 5.41) is 6.65. The number of nitrogens with one attached hydrogen (secondary N) is 2. The number of amides is 1. The van der Waals surface area contributed by atoms with E-state index >= 15 is 0 Å². The van der Waals surface area contributed by atoms with Gasteiger partial charge in [0, 0.05) is 23.9 Å². The molecule has 2 rings (SSSR count). The Morgan fingerprint density at radius 1 is 1.26 bits per heavy atom. The molecule has 1 aromatic rings. The second-order valence-electron chi connectivity index (χ2n) is 6.65. The molecule has 1 aromatic carbocycles. The van der Waals surface area contributed by atoms with E-state index < -0.39 is 0 Å². The van der Waals surface area contributed by atoms with Crippen LogP contribution < -0.4 is 10.6 Å². The van der Waals surface area contributed by atoms with Crippen molar-refractivity contribution in [3.8, 4) is 0 Å². The highest BCUT2D eigenvalue weighted by atomic mass is 35.5. The predicted octanol–water partition coefficient (Wildman–Crippen LogP) is 3.67. The van der Waals surface area contributed by atoms with E-state index in [1.165, 1.54) is 5.56 Å². The number of hydrogen-bond donors (Lipinski definition) is 2. The molecule has 1 aliphatic rings. The first-order valence-corrected chi connectivity index (χ1v) is 8.68. The van der Waals surface area contributed by atoms with Crippen LogP contribution in [0, 0.1) is 5.92 Å². The van der Waals surface area contributed by atoms with Gasteiger partial charge in [-0.15, -0.1) is 12.4 Å². The van der Waals surface area contributed by atoms with Gasteiger partial charge in [0.05, 0.1) is 0 Å². The standard InChI is InChI=1S/C19H30N2O.ClH/c1-4-19(5-2,17-9-7-6-8-10-17)14-21-18(22)16-11-12-20-15(3)13-16;/h6-10,15-16,20H,4-5,11-14H2,1-3H3,(H,21,22);1H/t15-,16-;/m0./s1. The molecule has 1 aliphatic heterocycles. The summed E-state index contributed by atoms with van der Waals surface area (Å²) >= 11 is 0. The van der Waals surface area contributed by atoms with Crippen molar-refractivity contribution in [3.05, 3.63) is 35.9 Å². The molecular weight excluding hydrogens is 308 g/mol. The normalized spacial score (nSPS) is 21.3. The maximum absolute atomic E-state index is 12.5. The highest BCUT2D eigenvalue weighted by Crippen LogP contribution is 2.31. The van der Waals surface area contributed by atoms with Crippen LogP contribution in [0.15, 0.2) is 30.3 Å². The van der Waals surface area contributed by atoms with Crippen molar-refractivity contribution >= 4 is 18.3 Å². The number of hydrogen-bond acceptors (Lipinski definition) is 2. The zero-order valence-corrected chi connectivity index (χ0v) is 15.4. The third-order valence-electron chi connectivity index (χ3n) is 5.34. The molecule has 0 aromatic heterocycles. The van der Waals surface area contributed by atoms with Crippen LogP contribution in [0.4, 0.5) is 0 Å². The Kier molecular flexibility index (Phi) is 8.07. The average molecular weight is 339 g/mol. The fraction of sp³-hybridized carbons (Fsp3) is 0.632. The molecule has 0 radical (unpaired) electrons. The monoisotopic (exact) mass is 338 g/mol. The van der Waals surface area contributed by atoms with Gasteiger partial charge in [0.25, 0.3) is 0 Å². The summed E-state index contributed by atoms with van der Waals surface area (Å²) in [7, 11) is 0. The van der Waals surface area contributed by atoms with Crippen molar-refractivity contribution in [1.82, 2.24) is 10.6 Å². The number of benzene rings is 1. The van der Waals surface area contributed by atoms with Crippen LogP contribution >= 0.6 is 12.4 Å². The largest absolute Gasteiger partial charge is 0.355 e. The molecule has 3 nitrogen and oxygen atoms in total. The second-order valence-corrected chi connectivity index (χ2v) is 6.65. The van der Waals surface area contributed by atoms with Gasteiger partial charge >= 0.3 is 0 Å². The number of halogens is 1. The van der Waals surface area contributed by atoms with Crippen LogP contribution in [0.25, 0.3) is 0 Å². The molecule has 1 heterocycles. The van der Waals surface area contributed by atoms with Gasteiger partial charge in [0.15, 0.2) is 0 Å². The number of carbonyl (C=O) groups excluding carboxylic acids is 1. The van der Waals surface area contributed by atoms with Crippen LogP contribution in [0.1, 0.15) is 52.0 Å². The van der Waals surface area contributed by atoms with Gasteiger partial charge in [-0.25, -0.2) is 0 Å². The molecular formula is C19H31ClN2O. The van der Waals surface area contributed by atoms with Crippen molar-refractivity contribution in [2.75, 3.05) is 13.1 Å². The first-order chi connectivity index (χ1) is 10.6. The second kappa shape index (κ2) is 9.29. The molecule has 0 saturated carbocycles. The molecule has 0 spiro atoms. The summed E-state index contributed by atoms with van der Waals surface area (Å²) in [4.78, 5) is 12.5. The molecule has 0 unspecified atom stereocenters. The highest BCUT2D eigenvalue weighted by molar-refractivity contribution is 5.85. The van der Waals surface area contributed by atoms with E-state index in [2.05, 4.69) is 61.7 Å². The summed E-state index contributed by atoms with van der Waals surface area (Å²) in [5.74, 6) is 0.397. The molecule has 1 saturated heterocycles. The van der Waals surface area contributed by atoms with E-state index in [0.29, 0.717) is 6.04 Å². The molecule has 23 heavy (non-hydrogen) atoms. The highest BCUT2D eigenvalue weighted by Gasteiger charge is 2.31. The Morgan fingerprint density at radius 3 is 2.48 bits per heavy atom. The third kappa shape index (κ3) is 4.95. The van der Waals surface area contributed by atoms with Crippen molar-refractivity contribution < 1.29 is 4.79 Å². The van der Waals surface area contributed by atoms with Crippen LogP contribution in [0.3, 0.4) is 0 Å². The quantitative estimate of drug-likeness (QED) is 0.831. The van der Waals surface area contributed by atoms with Crippen molar-refractivity contribution in [3.63, 3.8) is 0 Å². The van der Waals surface area contributed by atoms with Crippen LogP contribution in [0.2, 0.25) is 0 Å². The lowest BCUT2D eigenvalue weighted by atomic mass is 9.75. The Bertz CT molecular complexity index is 474. The van der Waals surface area contributed by atoms with E-state index in [-0.39, 0.29) is 29.6 Å². The maximum atomic E-state index is 12.5. The molecule has 130 valence electrons. The summed E-state index contributed by atoms with van der Waals surface area (Å²) in [6.07, 6.45) is 3.97. The molecule has 1 fully saturated rings. The minimum Gasteiger partial charge on any atom is -0.355 e. The van der Waals surface area contributed by atoms with E-state index in [1.54, 1.807) is 0 Å². The van der Waals surface area contributed by atoms with Crippen LogP contribution in [0.5, 0.6) is 0 Å². The van der Waals surface area contributed by atoms with E-state index in [9.17, 15) is 4.79 Å². The fourth-order valence-electron chi connectivity index (χ4n) is 3.57. The van der Waals surface area contributed by atoms with Gasteiger partial charge in [-0.2, -0.15) is 0 Å². The van der Waals surface area contributed by atoms with Crippen molar-refractivity contribution in [2.45, 2.75) is 57.9 Å². The predicted molar refractivity (Wildman–Crippen MR) is 99.1 cm³/mol. The van der Waals surface area contributed by atoms with Gasteiger partial charge in [-0.1, -0.05) is 44.2 Å². The number of rotatable bonds is 6. The Morgan fingerprint density at radius 2 is 1.91 bits per heavy atom. The van der Waals surface area contributed by atoms with Crippen LogP contribution in [-0.4, -0.2) is 25.0 Å². The van der Waals surface area contributed by atoms with E-state index in [1.807, 2.05) is 0 Å². The summed E-state index contributed by atoms with van der Waals surface area (Å²) < 4.78 is 0. The zero-order chi connectivity index (χ0) is 16.0. The molecule has 1 amide bonds. The Balaban J connectivity index is 0.00000264. The molecule has 0 bridgehead atoms. The van der Waals surface area contributed by atoms with E-state index in [4.69, 9.17) is 0 Å². The molecule has 2 N–H and O–H groups in total. The number of piperidine rings is 1. The summed E-state index contributed by atoms with van der Waals surface area (Å²) in [6, 6.07) is 11.0. The SMILES string of the molecule is CCC(CC)(CNC(=O)[C@H]1CCN[C@@H](C)C1)c1ccccc1.Cl. The Hall–Kier alpha value is -1.06. The summed E-state index contributed by atoms with van der Waals surface area (Å²) in [6.45, 7) is 8.28. The lowest BCUT2D eigenvalue weighted by Gasteiger charge is -2.34. The average Bonchev–Trinajstić information content (AvgIpc) is 2.57. The molecule has 2 atom stereocenters. The van der Waals surface area contributed by atoms with Gasteiger partial charge in [0.1, 0.15) is 0 Å². The van der Waals surface area contributed by atoms with Crippen LogP contribution in [-0.2, 0) is 10.2 Å². The van der Waals surface area contributed by atoms with E-state index in [0.717, 1.165) is 38.8 Å². The van der Waals surface area contributed by atoms with Crippen molar-refractivity contribution in [2.24, 2.45) is 5.92 Å². The first-order valence-electron chi connectivity index (χ1n) is 8.68. The fourth-order valence-corrected chi connectivity index (χ4v) is 3.57. The lowest BCUT2D eigenvalue weighted by Crippen LogP contribution is -2.46. The van der Waals surface area contributed by atoms with Gasteiger partial charge in [-0.3, -0.25) is 4.79 Å². The molecule has 0 aliphatic carbocycles. The minimum atomic E-state index is 0. The van der Waals surface area contributed by atoms with Gasteiger partial charge in [0.2, 0.25) is 5.91 Å². The number of carbonyl (C=O) groups is 1. The zero-order valence-electron chi connectivity index (χ0n) is 14.6. The van der Waals surface area contributed by atoms with Crippen molar-refractivity contribution in [1.29, 1.82) is 0 Å². The first kappa shape index (κ1) is 20.0. The lowest BCUT2D eigenvalue weighted by molar-refractivity contribution is -0.126.